The summed E-state index contributed by atoms with van der Waals surface area (Å²) in [5, 5.41) is 3.39. The maximum Gasteiger partial charge on any atom is 0.257 e. The number of para-hydroxylation sites is 1. The van der Waals surface area contributed by atoms with Gasteiger partial charge in [0, 0.05) is 25.5 Å². The third-order valence-electron chi connectivity index (χ3n) is 3.70. The number of halogens is 1. The molecule has 1 aromatic carbocycles. The van der Waals surface area contributed by atoms with E-state index in [1.54, 1.807) is 18.3 Å². The fourth-order valence-electron chi connectivity index (χ4n) is 2.58. The van der Waals surface area contributed by atoms with Crippen LogP contribution in [0.4, 0.5) is 5.69 Å². The Morgan fingerprint density at radius 3 is 2.95 bits per heavy atom. The summed E-state index contributed by atoms with van der Waals surface area (Å²) in [5.74, 6) is -0.156. The third-order valence-corrected chi connectivity index (χ3v) is 4.03. The Morgan fingerprint density at radius 2 is 2.14 bits per heavy atom. The highest BCUT2D eigenvalue weighted by Crippen LogP contribution is 2.24. The number of benzene rings is 1. The van der Waals surface area contributed by atoms with Crippen molar-refractivity contribution < 1.29 is 4.79 Å². The van der Waals surface area contributed by atoms with Gasteiger partial charge >= 0.3 is 0 Å². The molecule has 2 aromatic rings. The van der Waals surface area contributed by atoms with Crippen LogP contribution >= 0.6 is 11.6 Å². The molecule has 1 amide bonds. The van der Waals surface area contributed by atoms with Crippen molar-refractivity contribution in [2.45, 2.75) is 13.0 Å². The Hall–Kier alpha value is -1.91. The van der Waals surface area contributed by atoms with Gasteiger partial charge in [-0.15, -0.1) is 0 Å². The standard InChI is InChI=1S/C16H16ClN3O/c1-20-7-6-12-11(10-20)8-18-9-13(12)16(21)19-15-5-3-2-4-14(15)17/h2-5,8-9H,6-7,10H2,1H3,(H,19,21). The summed E-state index contributed by atoms with van der Waals surface area (Å²) in [6.45, 7) is 1.78. The van der Waals surface area contributed by atoms with E-state index in [2.05, 4.69) is 22.2 Å². The number of nitrogens with one attached hydrogen (secondary N) is 1. The highest BCUT2D eigenvalue weighted by molar-refractivity contribution is 6.33. The van der Waals surface area contributed by atoms with Gasteiger partial charge in [-0.3, -0.25) is 9.78 Å². The number of anilines is 1. The van der Waals surface area contributed by atoms with E-state index < -0.39 is 0 Å². The van der Waals surface area contributed by atoms with Gasteiger partial charge in [-0.1, -0.05) is 23.7 Å². The first-order valence-electron chi connectivity index (χ1n) is 6.85. The number of aromatic nitrogens is 1. The molecule has 0 bridgehead atoms. The lowest BCUT2D eigenvalue weighted by Crippen LogP contribution is -2.29. The molecule has 4 nitrogen and oxygen atoms in total. The molecule has 1 N–H and O–H groups in total. The number of fused-ring (bicyclic) bond motifs is 1. The van der Waals surface area contributed by atoms with Crippen LogP contribution < -0.4 is 5.32 Å². The number of hydrogen-bond donors (Lipinski definition) is 1. The number of carbonyl (C=O) groups excluding carboxylic acids is 1. The van der Waals surface area contributed by atoms with Crippen LogP contribution in [0.15, 0.2) is 36.7 Å². The molecule has 5 heteroatoms. The van der Waals surface area contributed by atoms with Crippen molar-refractivity contribution in [3.63, 3.8) is 0 Å². The van der Waals surface area contributed by atoms with E-state index >= 15 is 0 Å². The molecule has 0 fully saturated rings. The summed E-state index contributed by atoms with van der Waals surface area (Å²) in [6, 6.07) is 7.22. The lowest BCUT2D eigenvalue weighted by Gasteiger charge is -2.26. The van der Waals surface area contributed by atoms with Crippen molar-refractivity contribution in [1.29, 1.82) is 0 Å². The molecule has 3 rings (SSSR count). The number of nitrogens with zero attached hydrogens (tertiary/aromatic N) is 2. The second-order valence-corrected chi connectivity index (χ2v) is 5.65. The first kappa shape index (κ1) is 14.0. The minimum absolute atomic E-state index is 0.156. The molecule has 0 radical (unpaired) electrons. The fraction of sp³-hybridized carbons (Fsp3) is 0.250. The molecule has 108 valence electrons. The number of hydrogen-bond acceptors (Lipinski definition) is 3. The minimum atomic E-state index is -0.156. The quantitative estimate of drug-likeness (QED) is 0.927. The van der Waals surface area contributed by atoms with Gasteiger partial charge in [0.2, 0.25) is 0 Å². The summed E-state index contributed by atoms with van der Waals surface area (Å²) in [5.41, 5.74) is 3.47. The van der Waals surface area contributed by atoms with Crippen molar-refractivity contribution in [2.75, 3.05) is 18.9 Å². The summed E-state index contributed by atoms with van der Waals surface area (Å²) in [4.78, 5) is 18.9. The Morgan fingerprint density at radius 1 is 1.33 bits per heavy atom. The molecule has 0 spiro atoms. The van der Waals surface area contributed by atoms with Crippen molar-refractivity contribution in [2.24, 2.45) is 0 Å². The van der Waals surface area contributed by atoms with Crippen molar-refractivity contribution in [3.05, 3.63) is 58.4 Å². The molecule has 0 saturated carbocycles. The van der Waals surface area contributed by atoms with E-state index in [1.165, 1.54) is 0 Å². The highest BCUT2D eigenvalue weighted by Gasteiger charge is 2.20. The Labute approximate surface area is 128 Å². The lowest BCUT2D eigenvalue weighted by atomic mass is 9.97. The first-order valence-corrected chi connectivity index (χ1v) is 7.23. The Kier molecular flexibility index (Phi) is 3.90. The Bertz CT molecular complexity index is 687. The molecule has 0 saturated heterocycles. The van der Waals surface area contributed by atoms with E-state index in [0.29, 0.717) is 16.3 Å². The van der Waals surface area contributed by atoms with Gasteiger partial charge in [-0.2, -0.15) is 0 Å². The minimum Gasteiger partial charge on any atom is -0.321 e. The summed E-state index contributed by atoms with van der Waals surface area (Å²) >= 11 is 6.08. The largest absolute Gasteiger partial charge is 0.321 e. The van der Waals surface area contributed by atoms with Crippen LogP contribution in [0.3, 0.4) is 0 Å². The molecular weight excluding hydrogens is 286 g/mol. The molecule has 2 heterocycles. The smallest absolute Gasteiger partial charge is 0.257 e. The van der Waals surface area contributed by atoms with Crippen molar-refractivity contribution >= 4 is 23.2 Å². The second-order valence-electron chi connectivity index (χ2n) is 5.25. The monoisotopic (exact) mass is 301 g/mol. The van der Waals surface area contributed by atoms with Gasteiger partial charge in [-0.05, 0) is 36.7 Å². The van der Waals surface area contributed by atoms with Gasteiger partial charge in [0.05, 0.1) is 16.3 Å². The summed E-state index contributed by atoms with van der Waals surface area (Å²) < 4.78 is 0. The van der Waals surface area contributed by atoms with E-state index in [0.717, 1.165) is 30.6 Å². The van der Waals surface area contributed by atoms with Crippen LogP contribution in [0.1, 0.15) is 21.5 Å². The van der Waals surface area contributed by atoms with Crippen LogP contribution in [0.2, 0.25) is 5.02 Å². The lowest BCUT2D eigenvalue weighted by molar-refractivity contribution is 0.102. The maximum atomic E-state index is 12.5. The molecule has 1 aliphatic heterocycles. The highest BCUT2D eigenvalue weighted by atomic mass is 35.5. The maximum absolute atomic E-state index is 12.5. The van der Waals surface area contributed by atoms with E-state index in [4.69, 9.17) is 11.6 Å². The zero-order valence-corrected chi connectivity index (χ0v) is 12.5. The van der Waals surface area contributed by atoms with Crippen LogP contribution in [0.25, 0.3) is 0 Å². The topological polar surface area (TPSA) is 45.2 Å². The molecular formula is C16H16ClN3O. The van der Waals surface area contributed by atoms with Gasteiger partial charge in [0.25, 0.3) is 5.91 Å². The normalized spacial score (nSPS) is 14.6. The molecule has 0 aliphatic carbocycles. The molecule has 1 aromatic heterocycles. The molecule has 0 unspecified atom stereocenters. The van der Waals surface area contributed by atoms with E-state index in [9.17, 15) is 4.79 Å². The van der Waals surface area contributed by atoms with Gasteiger partial charge < -0.3 is 10.2 Å². The van der Waals surface area contributed by atoms with Gasteiger partial charge in [0.15, 0.2) is 0 Å². The number of rotatable bonds is 2. The number of carbonyl (C=O) groups is 1. The predicted molar refractivity (Wildman–Crippen MR) is 83.7 cm³/mol. The number of pyridine rings is 1. The zero-order chi connectivity index (χ0) is 14.8. The third kappa shape index (κ3) is 2.91. The average Bonchev–Trinajstić information content (AvgIpc) is 2.48. The summed E-state index contributed by atoms with van der Waals surface area (Å²) in [7, 11) is 2.07. The first-order chi connectivity index (χ1) is 10.1. The Balaban J connectivity index is 1.89. The average molecular weight is 302 g/mol. The molecule has 21 heavy (non-hydrogen) atoms. The van der Waals surface area contributed by atoms with E-state index in [1.807, 2.05) is 18.3 Å². The van der Waals surface area contributed by atoms with Crippen molar-refractivity contribution in [3.8, 4) is 0 Å². The molecule has 0 atom stereocenters. The van der Waals surface area contributed by atoms with Gasteiger partial charge in [-0.25, -0.2) is 0 Å². The van der Waals surface area contributed by atoms with E-state index in [-0.39, 0.29) is 5.91 Å². The number of amides is 1. The zero-order valence-electron chi connectivity index (χ0n) is 11.8. The predicted octanol–water partition coefficient (Wildman–Crippen LogP) is 2.98. The number of likely N-dealkylation sites (N-methyl/N-ethyl adjacent to an activating group) is 1. The fourth-order valence-corrected chi connectivity index (χ4v) is 2.77. The van der Waals surface area contributed by atoms with Crippen LogP contribution in [0.5, 0.6) is 0 Å². The van der Waals surface area contributed by atoms with Crippen LogP contribution in [-0.2, 0) is 13.0 Å². The van der Waals surface area contributed by atoms with Crippen LogP contribution in [-0.4, -0.2) is 29.4 Å². The van der Waals surface area contributed by atoms with Gasteiger partial charge in [0.1, 0.15) is 0 Å². The summed E-state index contributed by atoms with van der Waals surface area (Å²) in [6.07, 6.45) is 4.34. The second kappa shape index (κ2) is 5.84. The van der Waals surface area contributed by atoms with Crippen LogP contribution in [0, 0.1) is 0 Å². The van der Waals surface area contributed by atoms with Crippen molar-refractivity contribution in [1.82, 2.24) is 9.88 Å². The molecule has 1 aliphatic rings. The SMILES string of the molecule is CN1CCc2c(cncc2C(=O)Nc2ccccc2Cl)C1.